The van der Waals surface area contributed by atoms with Crippen LogP contribution in [0.25, 0.3) is 17.1 Å². The zero-order valence-electron chi connectivity index (χ0n) is 10.3. The van der Waals surface area contributed by atoms with E-state index in [0.717, 1.165) is 4.85 Å². The summed E-state index contributed by atoms with van der Waals surface area (Å²) >= 11 is 0. The second kappa shape index (κ2) is 3.80. The monoisotopic (exact) mass is 271 g/mol. The van der Waals surface area contributed by atoms with Gasteiger partial charge in [-0.1, -0.05) is 18.2 Å². The first-order valence-corrected chi connectivity index (χ1v) is 6.12. The highest BCUT2D eigenvalue weighted by Crippen LogP contribution is 2.26. The zero-order valence-corrected chi connectivity index (χ0v) is 10.3. The van der Waals surface area contributed by atoms with E-state index in [9.17, 15) is 10.4 Å². The summed E-state index contributed by atoms with van der Waals surface area (Å²) in [6.07, 6.45) is 0.847. The topological polar surface area (TPSA) is 97.7 Å². The van der Waals surface area contributed by atoms with E-state index >= 15 is 0 Å². The Morgan fingerprint density at radius 2 is 1.80 bits per heavy atom. The maximum absolute atomic E-state index is 12.3. The number of fused-ring (bicyclic) bond motifs is 3. The summed E-state index contributed by atoms with van der Waals surface area (Å²) in [6, 6.07) is 9.07. The van der Waals surface area contributed by atoms with E-state index in [1.54, 1.807) is 12.1 Å². The highest BCUT2D eigenvalue weighted by Gasteiger charge is 2.38. The Morgan fingerprint density at radius 1 is 1.05 bits per heavy atom. The summed E-state index contributed by atoms with van der Waals surface area (Å²) in [5.74, 6) is 0. The van der Waals surface area contributed by atoms with Gasteiger partial charge in [-0.25, -0.2) is 0 Å². The maximum atomic E-state index is 12.3. The number of aromatic nitrogens is 5. The van der Waals surface area contributed by atoms with Crippen molar-refractivity contribution in [3.63, 3.8) is 0 Å². The van der Waals surface area contributed by atoms with Crippen LogP contribution in [0, 0.1) is 10.4 Å². The number of hydrogen-bond donors (Lipinski definition) is 0. The van der Waals surface area contributed by atoms with Crippen molar-refractivity contribution >= 4 is 0 Å². The molecular formula is C12H9N5O3. The highest BCUT2D eigenvalue weighted by atomic mass is 16.8. The van der Waals surface area contributed by atoms with Gasteiger partial charge in [-0.05, 0) is 21.8 Å². The smallest absolute Gasteiger partial charge is 0.303 e. The van der Waals surface area contributed by atoms with Gasteiger partial charge >= 0.3 is 11.4 Å². The zero-order chi connectivity index (χ0) is 13.7. The molecule has 100 valence electrons. The van der Waals surface area contributed by atoms with Gasteiger partial charge in [0.25, 0.3) is 0 Å². The van der Waals surface area contributed by atoms with Gasteiger partial charge in [-0.2, -0.15) is 0 Å². The molecule has 4 rings (SSSR count). The molecule has 0 atom stereocenters. The van der Waals surface area contributed by atoms with Crippen LogP contribution in [0.3, 0.4) is 0 Å². The van der Waals surface area contributed by atoms with Gasteiger partial charge in [0.1, 0.15) is 5.69 Å². The minimum atomic E-state index is 0.348. The largest absolute Gasteiger partial charge is 0.692 e. The van der Waals surface area contributed by atoms with Crippen molar-refractivity contribution < 1.29 is 14.4 Å². The summed E-state index contributed by atoms with van der Waals surface area (Å²) in [5.41, 5.74) is 2.31. The van der Waals surface area contributed by atoms with Crippen molar-refractivity contribution in [2.75, 3.05) is 0 Å². The third kappa shape index (κ3) is 1.35. The molecule has 1 aliphatic rings. The number of nitrogens with zero attached hydrogens (tertiary/aromatic N) is 5. The number of rotatable bonds is 1. The van der Waals surface area contributed by atoms with Crippen molar-refractivity contribution in [1.82, 2.24) is 15.1 Å². The molecule has 0 saturated carbocycles. The standard InChI is InChI=1S/C12H9N5O3/c18-16-9-6-7-10-12(14-20-17(10)19)11(9)13-15(16)8-4-2-1-3-5-8/h1-5H,6-7H2. The molecule has 0 radical (unpaired) electrons. The lowest BCUT2D eigenvalue weighted by Gasteiger charge is -2.07. The third-order valence-electron chi connectivity index (χ3n) is 3.38. The summed E-state index contributed by atoms with van der Waals surface area (Å²) < 4.78 is 4.58. The van der Waals surface area contributed by atoms with Crippen molar-refractivity contribution in [1.29, 1.82) is 0 Å². The second-order valence-corrected chi connectivity index (χ2v) is 4.52. The van der Waals surface area contributed by atoms with Crippen LogP contribution < -0.4 is 9.75 Å². The second-order valence-electron chi connectivity index (χ2n) is 4.52. The molecule has 8 nitrogen and oxygen atoms in total. The fourth-order valence-electron chi connectivity index (χ4n) is 2.41. The van der Waals surface area contributed by atoms with Crippen LogP contribution in [0.4, 0.5) is 0 Å². The molecule has 0 aliphatic heterocycles. The van der Waals surface area contributed by atoms with Crippen molar-refractivity contribution in [3.8, 4) is 17.1 Å². The van der Waals surface area contributed by atoms with Crippen molar-refractivity contribution in [2.24, 2.45) is 0 Å². The van der Waals surface area contributed by atoms with Crippen LogP contribution in [0.15, 0.2) is 35.0 Å². The average Bonchev–Trinajstić information content (AvgIpc) is 3.02. The van der Waals surface area contributed by atoms with Gasteiger partial charge in [-0.15, -0.1) is 4.85 Å². The van der Waals surface area contributed by atoms with Crippen LogP contribution in [0.1, 0.15) is 11.4 Å². The van der Waals surface area contributed by atoms with Crippen molar-refractivity contribution in [3.05, 3.63) is 52.1 Å². The molecule has 8 heteroatoms. The molecule has 0 fully saturated rings. The van der Waals surface area contributed by atoms with Gasteiger partial charge in [-0.3, -0.25) is 4.63 Å². The molecule has 20 heavy (non-hydrogen) atoms. The lowest BCUT2D eigenvalue weighted by molar-refractivity contribution is -0.808. The van der Waals surface area contributed by atoms with Crippen LogP contribution >= 0.6 is 0 Å². The molecule has 3 aromatic rings. The Hall–Kier alpha value is -2.90. The molecule has 1 aromatic carbocycles. The maximum Gasteiger partial charge on any atom is 0.303 e. The minimum absolute atomic E-state index is 0.348. The molecule has 1 aliphatic carbocycles. The normalized spacial score (nSPS) is 13.0. The Labute approximate surface area is 112 Å². The number of benzene rings is 1. The first-order valence-electron chi connectivity index (χ1n) is 6.12. The Kier molecular flexibility index (Phi) is 2.08. The molecular weight excluding hydrogens is 262 g/mol. The summed E-state index contributed by atoms with van der Waals surface area (Å²) in [4.78, 5) is 2.36. The highest BCUT2D eigenvalue weighted by molar-refractivity contribution is 5.59. The Morgan fingerprint density at radius 3 is 2.60 bits per heavy atom. The van der Waals surface area contributed by atoms with Crippen LogP contribution in [-0.4, -0.2) is 15.1 Å². The molecule has 0 bridgehead atoms. The lowest BCUT2D eigenvalue weighted by atomic mass is 10.0. The van der Waals surface area contributed by atoms with E-state index in [0.29, 0.717) is 46.2 Å². The number of hydrogen-bond acceptors (Lipinski definition) is 5. The van der Waals surface area contributed by atoms with Gasteiger partial charge in [0.05, 0.1) is 10.3 Å². The summed E-state index contributed by atoms with van der Waals surface area (Å²) in [6.45, 7) is 0. The third-order valence-corrected chi connectivity index (χ3v) is 3.38. The van der Waals surface area contributed by atoms with E-state index in [4.69, 9.17) is 0 Å². The fourth-order valence-corrected chi connectivity index (χ4v) is 2.41. The molecule has 0 spiro atoms. The van der Waals surface area contributed by atoms with Gasteiger partial charge in [0, 0.05) is 12.8 Å². The van der Waals surface area contributed by atoms with Gasteiger partial charge in [0.2, 0.25) is 5.69 Å². The molecule has 0 amide bonds. The Bertz CT molecular complexity index is 793. The molecule has 0 saturated heterocycles. The first kappa shape index (κ1) is 11.0. The van der Waals surface area contributed by atoms with E-state index < -0.39 is 0 Å². The first-order chi connectivity index (χ1) is 9.75. The van der Waals surface area contributed by atoms with E-state index in [1.165, 1.54) is 4.80 Å². The van der Waals surface area contributed by atoms with Crippen LogP contribution in [-0.2, 0) is 12.8 Å². The van der Waals surface area contributed by atoms with E-state index in [2.05, 4.69) is 14.9 Å². The van der Waals surface area contributed by atoms with Crippen LogP contribution in [0.2, 0.25) is 0 Å². The predicted octanol–water partition coefficient (Wildman–Crippen LogP) is -0.107. The molecule has 2 heterocycles. The SMILES string of the molecule is [O-][n+]1onc2c1CCc1c-2nn(-c2ccccc2)[n+]1[O-]. The number of para-hydroxylation sites is 1. The lowest BCUT2D eigenvalue weighted by Crippen LogP contribution is -2.41. The van der Waals surface area contributed by atoms with Crippen LogP contribution in [0.5, 0.6) is 0 Å². The summed E-state index contributed by atoms with van der Waals surface area (Å²) in [5, 5.41) is 31.7. The molecule has 2 aromatic heterocycles. The van der Waals surface area contributed by atoms with E-state index in [1.807, 2.05) is 18.2 Å². The molecule has 0 unspecified atom stereocenters. The average molecular weight is 271 g/mol. The van der Waals surface area contributed by atoms with Gasteiger partial charge in [0.15, 0.2) is 5.69 Å². The minimum Gasteiger partial charge on any atom is -0.692 e. The van der Waals surface area contributed by atoms with Gasteiger partial charge < -0.3 is 10.4 Å². The summed E-state index contributed by atoms with van der Waals surface area (Å²) in [7, 11) is 0. The molecule has 0 N–H and O–H groups in total. The Balaban J connectivity index is 1.94. The fraction of sp³-hybridized carbons (Fsp3) is 0.167. The van der Waals surface area contributed by atoms with E-state index in [-0.39, 0.29) is 0 Å². The quantitative estimate of drug-likeness (QED) is 0.454. The van der Waals surface area contributed by atoms with Crippen molar-refractivity contribution in [2.45, 2.75) is 12.8 Å². The predicted molar refractivity (Wildman–Crippen MR) is 64.4 cm³/mol.